The number of halogens is 2. The second kappa shape index (κ2) is 5.15. The summed E-state index contributed by atoms with van der Waals surface area (Å²) in [7, 11) is 0. The van der Waals surface area contributed by atoms with Crippen LogP contribution in [-0.2, 0) is 0 Å². The van der Waals surface area contributed by atoms with Crippen LogP contribution in [0, 0.1) is 5.82 Å². The van der Waals surface area contributed by atoms with Gasteiger partial charge in [-0.05, 0) is 18.2 Å². The summed E-state index contributed by atoms with van der Waals surface area (Å²) in [5, 5.41) is 10.7. The Morgan fingerprint density at radius 2 is 1.85 bits per heavy atom. The molecule has 3 rings (SSSR count). The normalized spacial score (nSPS) is 12.6. The van der Waals surface area contributed by atoms with E-state index in [0.717, 1.165) is 0 Å². The van der Waals surface area contributed by atoms with Gasteiger partial charge in [0.2, 0.25) is 0 Å². The molecule has 0 saturated carbocycles. The summed E-state index contributed by atoms with van der Waals surface area (Å²) in [4.78, 5) is 8.37. The Hall–Kier alpha value is -2.04. The van der Waals surface area contributed by atoms with Crippen LogP contribution < -0.4 is 0 Å². The number of aliphatic hydroxyl groups is 1. The fraction of sp³-hybridized carbons (Fsp3) is 0.0667. The lowest BCUT2D eigenvalue weighted by Crippen LogP contribution is -2.04. The van der Waals surface area contributed by atoms with Gasteiger partial charge in [-0.15, -0.1) is 0 Å². The standard InChI is InChI=1S/C15H10ClFN2O/c16-9-4-5-10(12(17)8-9)15(20)11-2-1-3-13-14(11)19-7-6-18-13/h1-8,15,20H. The van der Waals surface area contributed by atoms with Crippen LogP contribution in [0.4, 0.5) is 4.39 Å². The highest BCUT2D eigenvalue weighted by molar-refractivity contribution is 6.30. The van der Waals surface area contributed by atoms with Gasteiger partial charge in [0.05, 0.1) is 11.0 Å². The molecule has 5 heteroatoms. The number of fused-ring (bicyclic) bond motifs is 1. The van der Waals surface area contributed by atoms with Gasteiger partial charge in [0.25, 0.3) is 0 Å². The van der Waals surface area contributed by atoms with E-state index in [1.165, 1.54) is 18.3 Å². The van der Waals surface area contributed by atoms with Crippen molar-refractivity contribution in [3.05, 3.63) is 70.8 Å². The van der Waals surface area contributed by atoms with E-state index in [2.05, 4.69) is 9.97 Å². The lowest BCUT2D eigenvalue weighted by atomic mass is 9.99. The molecule has 0 saturated heterocycles. The molecule has 3 nitrogen and oxygen atoms in total. The maximum absolute atomic E-state index is 13.9. The molecule has 1 unspecified atom stereocenters. The first kappa shape index (κ1) is 13.0. The molecule has 1 N–H and O–H groups in total. The summed E-state index contributed by atoms with van der Waals surface area (Å²) in [6, 6.07) is 9.43. The molecule has 0 radical (unpaired) electrons. The fourth-order valence-corrected chi connectivity index (χ4v) is 2.29. The van der Waals surface area contributed by atoms with Crippen molar-refractivity contribution in [3.63, 3.8) is 0 Å². The topological polar surface area (TPSA) is 46.0 Å². The van der Waals surface area contributed by atoms with Gasteiger partial charge in [0.1, 0.15) is 11.9 Å². The summed E-state index contributed by atoms with van der Waals surface area (Å²) >= 11 is 5.72. The zero-order valence-corrected chi connectivity index (χ0v) is 11.0. The second-order valence-electron chi connectivity index (χ2n) is 4.34. The fourth-order valence-electron chi connectivity index (χ4n) is 2.13. The Bertz CT molecular complexity index is 773. The number of hydrogen-bond acceptors (Lipinski definition) is 3. The van der Waals surface area contributed by atoms with E-state index >= 15 is 0 Å². The van der Waals surface area contributed by atoms with Gasteiger partial charge in [-0.2, -0.15) is 0 Å². The highest BCUT2D eigenvalue weighted by Gasteiger charge is 2.18. The molecule has 1 aromatic heterocycles. The Kier molecular flexibility index (Phi) is 3.34. The molecular weight excluding hydrogens is 279 g/mol. The summed E-state index contributed by atoms with van der Waals surface area (Å²) in [5.41, 5.74) is 1.87. The molecule has 20 heavy (non-hydrogen) atoms. The van der Waals surface area contributed by atoms with Crippen molar-refractivity contribution in [1.29, 1.82) is 0 Å². The monoisotopic (exact) mass is 288 g/mol. The third-order valence-electron chi connectivity index (χ3n) is 3.08. The smallest absolute Gasteiger partial charge is 0.130 e. The minimum absolute atomic E-state index is 0.160. The lowest BCUT2D eigenvalue weighted by Gasteiger charge is -2.14. The van der Waals surface area contributed by atoms with Crippen molar-refractivity contribution in [2.75, 3.05) is 0 Å². The van der Waals surface area contributed by atoms with E-state index in [4.69, 9.17) is 11.6 Å². The van der Waals surface area contributed by atoms with Gasteiger partial charge in [-0.3, -0.25) is 9.97 Å². The van der Waals surface area contributed by atoms with Crippen LogP contribution in [0.15, 0.2) is 48.8 Å². The maximum Gasteiger partial charge on any atom is 0.130 e. The van der Waals surface area contributed by atoms with E-state index in [1.54, 1.807) is 30.5 Å². The Morgan fingerprint density at radius 3 is 2.65 bits per heavy atom. The van der Waals surface area contributed by atoms with Crippen molar-refractivity contribution in [2.24, 2.45) is 0 Å². The first-order valence-corrected chi connectivity index (χ1v) is 6.37. The molecule has 100 valence electrons. The van der Waals surface area contributed by atoms with Crippen molar-refractivity contribution in [1.82, 2.24) is 9.97 Å². The Labute approximate surface area is 119 Å². The largest absolute Gasteiger partial charge is 0.383 e. The predicted octanol–water partition coefficient (Wildman–Crippen LogP) is 3.50. The SMILES string of the molecule is OC(c1ccc(Cl)cc1F)c1cccc2nccnc12. The first-order valence-electron chi connectivity index (χ1n) is 5.99. The van der Waals surface area contributed by atoms with Gasteiger partial charge < -0.3 is 5.11 Å². The van der Waals surface area contributed by atoms with Crippen LogP contribution in [-0.4, -0.2) is 15.1 Å². The third kappa shape index (κ3) is 2.24. The highest BCUT2D eigenvalue weighted by atomic mass is 35.5. The molecule has 0 aliphatic heterocycles. The molecule has 0 fully saturated rings. The number of para-hydroxylation sites is 1. The van der Waals surface area contributed by atoms with Crippen molar-refractivity contribution >= 4 is 22.6 Å². The Balaban J connectivity index is 2.15. The molecular formula is C15H10ClFN2O. The van der Waals surface area contributed by atoms with Gasteiger partial charge in [-0.1, -0.05) is 29.8 Å². The molecule has 1 atom stereocenters. The minimum atomic E-state index is -1.12. The lowest BCUT2D eigenvalue weighted by molar-refractivity contribution is 0.216. The van der Waals surface area contributed by atoms with Crippen LogP contribution in [0.5, 0.6) is 0 Å². The van der Waals surface area contributed by atoms with Crippen LogP contribution in [0.2, 0.25) is 5.02 Å². The van der Waals surface area contributed by atoms with E-state index in [0.29, 0.717) is 16.6 Å². The van der Waals surface area contributed by atoms with Crippen LogP contribution in [0.25, 0.3) is 11.0 Å². The number of nitrogens with zero attached hydrogens (tertiary/aromatic N) is 2. The van der Waals surface area contributed by atoms with Gasteiger partial charge in [0.15, 0.2) is 0 Å². The average Bonchev–Trinajstić information content (AvgIpc) is 2.46. The Morgan fingerprint density at radius 1 is 1.05 bits per heavy atom. The van der Waals surface area contributed by atoms with Crippen molar-refractivity contribution < 1.29 is 9.50 Å². The number of hydrogen-bond donors (Lipinski definition) is 1. The molecule has 1 heterocycles. The predicted molar refractivity (Wildman–Crippen MR) is 75.0 cm³/mol. The highest BCUT2D eigenvalue weighted by Crippen LogP contribution is 2.29. The van der Waals surface area contributed by atoms with E-state index in [9.17, 15) is 9.50 Å². The average molecular weight is 289 g/mol. The van der Waals surface area contributed by atoms with Crippen LogP contribution in [0.1, 0.15) is 17.2 Å². The second-order valence-corrected chi connectivity index (χ2v) is 4.78. The van der Waals surface area contributed by atoms with E-state index in [-0.39, 0.29) is 10.6 Å². The zero-order chi connectivity index (χ0) is 14.1. The third-order valence-corrected chi connectivity index (χ3v) is 3.32. The summed E-state index contributed by atoms with van der Waals surface area (Å²) in [6.45, 7) is 0. The molecule has 3 aromatic rings. The van der Waals surface area contributed by atoms with Gasteiger partial charge >= 0.3 is 0 Å². The summed E-state index contributed by atoms with van der Waals surface area (Å²) in [5.74, 6) is -0.550. The quantitative estimate of drug-likeness (QED) is 0.785. The van der Waals surface area contributed by atoms with Crippen molar-refractivity contribution in [3.8, 4) is 0 Å². The maximum atomic E-state index is 13.9. The van der Waals surface area contributed by atoms with Gasteiger partial charge in [0, 0.05) is 28.5 Å². The van der Waals surface area contributed by atoms with Gasteiger partial charge in [-0.25, -0.2) is 4.39 Å². The van der Waals surface area contributed by atoms with E-state index in [1.807, 2.05) is 0 Å². The number of aliphatic hydroxyl groups excluding tert-OH is 1. The van der Waals surface area contributed by atoms with Crippen LogP contribution in [0.3, 0.4) is 0 Å². The first-order chi connectivity index (χ1) is 9.66. The van der Waals surface area contributed by atoms with Crippen LogP contribution >= 0.6 is 11.6 Å². The zero-order valence-electron chi connectivity index (χ0n) is 10.3. The molecule has 0 aliphatic rings. The number of aromatic nitrogens is 2. The molecule has 0 bridgehead atoms. The molecule has 0 spiro atoms. The molecule has 0 amide bonds. The minimum Gasteiger partial charge on any atom is -0.383 e. The summed E-state index contributed by atoms with van der Waals surface area (Å²) in [6.07, 6.45) is 1.99. The molecule has 0 aliphatic carbocycles. The molecule has 2 aromatic carbocycles. The number of benzene rings is 2. The summed E-state index contributed by atoms with van der Waals surface area (Å²) < 4.78 is 13.9. The van der Waals surface area contributed by atoms with Crippen molar-refractivity contribution in [2.45, 2.75) is 6.10 Å². The number of rotatable bonds is 2. The van der Waals surface area contributed by atoms with E-state index < -0.39 is 11.9 Å².